The number of benzene rings is 1. The summed E-state index contributed by atoms with van der Waals surface area (Å²) in [5.74, 6) is -0.274. The average Bonchev–Trinajstić information content (AvgIpc) is 2.64. The van der Waals surface area contributed by atoms with Crippen molar-refractivity contribution < 1.29 is 4.79 Å². The van der Waals surface area contributed by atoms with Gasteiger partial charge in [-0.3, -0.25) is 9.79 Å². The Morgan fingerprint density at radius 3 is 2.62 bits per heavy atom. The second-order valence-electron chi connectivity index (χ2n) is 4.91. The highest BCUT2D eigenvalue weighted by Gasteiger charge is 2.27. The Morgan fingerprint density at radius 1 is 1.29 bits per heavy atom. The Kier molecular flexibility index (Phi) is 3.69. The van der Waals surface area contributed by atoms with E-state index in [1.54, 1.807) is 11.3 Å². The minimum atomic E-state index is -0.886. The second-order valence-corrected chi connectivity index (χ2v) is 7.05. The van der Waals surface area contributed by atoms with E-state index in [0.29, 0.717) is 0 Å². The molecule has 0 radical (unpaired) electrons. The van der Waals surface area contributed by atoms with Gasteiger partial charge in [-0.25, -0.2) is 0 Å². The van der Waals surface area contributed by atoms with E-state index in [1.807, 2.05) is 38.1 Å². The molecular weight excluding hydrogens is 350 g/mol. The fourth-order valence-corrected chi connectivity index (χ4v) is 3.60. The molecule has 108 valence electrons. The molecule has 0 saturated carbocycles. The normalized spacial score (nSPS) is 17.8. The van der Waals surface area contributed by atoms with Crippen LogP contribution in [0.3, 0.4) is 0 Å². The molecule has 2 aromatic rings. The minimum absolute atomic E-state index is 0.274. The maximum absolute atomic E-state index is 12.0. The molecule has 1 aromatic heterocycles. The fraction of sp³-hybridized carbons (Fsp3) is 0.200. The number of nitrogens with one attached hydrogen (secondary N) is 1. The van der Waals surface area contributed by atoms with Crippen LogP contribution in [0.5, 0.6) is 0 Å². The van der Waals surface area contributed by atoms with Crippen LogP contribution in [0.1, 0.15) is 21.6 Å². The Hall–Kier alpha value is -1.50. The van der Waals surface area contributed by atoms with Crippen molar-refractivity contribution in [3.8, 4) is 0 Å². The molecule has 0 bridgehead atoms. The van der Waals surface area contributed by atoms with E-state index in [0.717, 1.165) is 31.9 Å². The summed E-state index contributed by atoms with van der Waals surface area (Å²) in [5, 5.41) is 3.70. The first-order valence-corrected chi connectivity index (χ1v) is 8.09. The molecule has 3 N–H and O–H groups in total. The van der Waals surface area contributed by atoms with Crippen molar-refractivity contribution in [3.05, 3.63) is 50.3 Å². The van der Waals surface area contributed by atoms with Crippen LogP contribution < -0.4 is 11.1 Å². The van der Waals surface area contributed by atoms with Crippen LogP contribution in [-0.4, -0.2) is 17.8 Å². The number of aliphatic imine (C=N–C) groups is 1. The summed E-state index contributed by atoms with van der Waals surface area (Å²) >= 11 is 4.99. The number of hydrogen-bond acceptors (Lipinski definition) is 4. The number of carbonyl (C=O) groups excluding carboxylic acids is 1. The minimum Gasteiger partial charge on any atom is -0.314 e. The molecule has 21 heavy (non-hydrogen) atoms. The van der Waals surface area contributed by atoms with Crippen molar-refractivity contribution in [2.75, 3.05) is 5.32 Å². The van der Waals surface area contributed by atoms with Gasteiger partial charge < -0.3 is 11.1 Å². The van der Waals surface area contributed by atoms with Crippen LogP contribution in [0.4, 0.5) is 5.00 Å². The van der Waals surface area contributed by atoms with Crippen LogP contribution >= 0.6 is 27.3 Å². The van der Waals surface area contributed by atoms with Crippen LogP contribution in [0.2, 0.25) is 0 Å². The Morgan fingerprint density at radius 2 is 1.95 bits per heavy atom. The van der Waals surface area contributed by atoms with Crippen molar-refractivity contribution in [3.63, 3.8) is 0 Å². The van der Waals surface area contributed by atoms with Crippen LogP contribution in [0.15, 0.2) is 33.7 Å². The van der Waals surface area contributed by atoms with Crippen molar-refractivity contribution >= 4 is 43.9 Å². The highest BCUT2D eigenvalue weighted by atomic mass is 79.9. The molecular formula is C15H14BrN3OS. The number of halogens is 1. The lowest BCUT2D eigenvalue weighted by molar-refractivity contribution is -0.117. The monoisotopic (exact) mass is 363 g/mol. The molecule has 4 nitrogen and oxygen atoms in total. The second kappa shape index (κ2) is 5.36. The molecule has 1 atom stereocenters. The van der Waals surface area contributed by atoms with Crippen LogP contribution in [-0.2, 0) is 4.79 Å². The Labute approximate surface area is 135 Å². The highest BCUT2D eigenvalue weighted by molar-refractivity contribution is 9.10. The number of anilines is 1. The molecule has 0 saturated heterocycles. The summed E-state index contributed by atoms with van der Waals surface area (Å²) in [4.78, 5) is 17.6. The molecule has 1 aliphatic rings. The fourth-order valence-electron chi connectivity index (χ4n) is 2.27. The van der Waals surface area contributed by atoms with Gasteiger partial charge in [-0.05, 0) is 31.5 Å². The molecule has 2 heterocycles. The van der Waals surface area contributed by atoms with Crippen molar-refractivity contribution in [2.24, 2.45) is 10.7 Å². The SMILES string of the molecule is Cc1sc2c(c1C)C(c1ccc(Br)cc1)=NC(N)C(=O)N2. The summed E-state index contributed by atoms with van der Waals surface area (Å²) in [7, 11) is 0. The quantitative estimate of drug-likeness (QED) is 0.816. The lowest BCUT2D eigenvalue weighted by Crippen LogP contribution is -2.33. The highest BCUT2D eigenvalue weighted by Crippen LogP contribution is 2.36. The average molecular weight is 364 g/mol. The van der Waals surface area contributed by atoms with Gasteiger partial charge in [0.15, 0.2) is 6.17 Å². The third-order valence-corrected chi connectivity index (χ3v) is 5.16. The van der Waals surface area contributed by atoms with Gasteiger partial charge >= 0.3 is 0 Å². The van der Waals surface area contributed by atoms with Gasteiger partial charge in [0, 0.05) is 20.5 Å². The van der Waals surface area contributed by atoms with Gasteiger partial charge in [0.2, 0.25) is 0 Å². The maximum atomic E-state index is 12.0. The molecule has 1 unspecified atom stereocenters. The largest absolute Gasteiger partial charge is 0.314 e. The standard InChI is InChI=1S/C15H14BrN3OS/c1-7-8(2)21-15-11(7)12(18-13(17)14(20)19-15)9-3-5-10(16)6-4-9/h3-6,13H,17H2,1-2H3,(H,19,20). The zero-order valence-electron chi connectivity index (χ0n) is 11.6. The Balaban J connectivity index is 2.24. The topological polar surface area (TPSA) is 67.5 Å². The van der Waals surface area contributed by atoms with Crippen LogP contribution in [0, 0.1) is 13.8 Å². The number of thiophene rings is 1. The third kappa shape index (κ3) is 2.54. The summed E-state index contributed by atoms with van der Waals surface area (Å²) in [5.41, 5.74) is 9.68. The van der Waals surface area contributed by atoms with Gasteiger partial charge in [-0.2, -0.15) is 0 Å². The van der Waals surface area contributed by atoms with Crippen molar-refractivity contribution in [1.29, 1.82) is 0 Å². The van der Waals surface area contributed by atoms with E-state index < -0.39 is 6.17 Å². The van der Waals surface area contributed by atoms with Gasteiger partial charge in [-0.1, -0.05) is 28.1 Å². The number of carbonyl (C=O) groups is 1. The van der Waals surface area contributed by atoms with Gasteiger partial charge in [-0.15, -0.1) is 11.3 Å². The number of nitrogens with two attached hydrogens (primary N) is 1. The molecule has 6 heteroatoms. The van der Waals surface area contributed by atoms with E-state index in [4.69, 9.17) is 5.73 Å². The van der Waals surface area contributed by atoms with Crippen molar-refractivity contribution in [2.45, 2.75) is 20.0 Å². The zero-order chi connectivity index (χ0) is 15.1. The number of nitrogens with zero attached hydrogens (tertiary/aromatic N) is 1. The first-order valence-electron chi connectivity index (χ1n) is 6.48. The number of amides is 1. The van der Waals surface area contributed by atoms with Gasteiger partial charge in [0.1, 0.15) is 5.00 Å². The smallest absolute Gasteiger partial charge is 0.264 e. The number of aryl methyl sites for hydroxylation is 1. The summed E-state index contributed by atoms with van der Waals surface area (Å²) in [6.45, 7) is 4.09. The van der Waals surface area contributed by atoms with Crippen LogP contribution in [0.25, 0.3) is 0 Å². The summed E-state index contributed by atoms with van der Waals surface area (Å²) in [6.07, 6.45) is -0.886. The molecule has 0 spiro atoms. The zero-order valence-corrected chi connectivity index (χ0v) is 14.0. The van der Waals surface area contributed by atoms with E-state index >= 15 is 0 Å². The predicted octanol–water partition coefficient (Wildman–Crippen LogP) is 3.20. The summed E-state index contributed by atoms with van der Waals surface area (Å²) in [6, 6.07) is 7.86. The lowest BCUT2D eigenvalue weighted by atomic mass is 10.00. The molecule has 1 aliphatic heterocycles. The summed E-state index contributed by atoms with van der Waals surface area (Å²) < 4.78 is 0.998. The third-order valence-electron chi connectivity index (χ3n) is 3.51. The maximum Gasteiger partial charge on any atom is 0.264 e. The van der Waals surface area contributed by atoms with Gasteiger partial charge in [0.25, 0.3) is 5.91 Å². The molecule has 0 fully saturated rings. The van der Waals surface area contributed by atoms with E-state index in [2.05, 4.69) is 26.2 Å². The first kappa shape index (κ1) is 14.4. The number of rotatable bonds is 1. The predicted molar refractivity (Wildman–Crippen MR) is 90.2 cm³/mol. The van der Waals surface area contributed by atoms with E-state index in [1.165, 1.54) is 4.88 Å². The molecule has 1 aromatic carbocycles. The molecule has 0 aliphatic carbocycles. The van der Waals surface area contributed by atoms with E-state index in [9.17, 15) is 4.79 Å². The van der Waals surface area contributed by atoms with E-state index in [-0.39, 0.29) is 5.91 Å². The first-order chi connectivity index (χ1) is 9.97. The lowest BCUT2D eigenvalue weighted by Gasteiger charge is -2.08. The molecule has 1 amide bonds. The van der Waals surface area contributed by atoms with Crippen molar-refractivity contribution in [1.82, 2.24) is 0 Å². The number of hydrogen-bond donors (Lipinski definition) is 2. The Bertz CT molecular complexity index is 749. The van der Waals surface area contributed by atoms with Gasteiger partial charge in [0.05, 0.1) is 5.71 Å². The number of fused-ring (bicyclic) bond motifs is 1. The molecule has 3 rings (SSSR count).